The zero-order chi connectivity index (χ0) is 42.4. The molecule has 0 bridgehead atoms. The number of aromatic nitrogens is 5. The second-order valence-electron chi connectivity index (χ2n) is 16.0. The van der Waals surface area contributed by atoms with Crippen LogP contribution < -0.4 is 26.4 Å². The van der Waals surface area contributed by atoms with E-state index in [0.717, 1.165) is 73.1 Å². The largest absolute Gasteiger partial charge is 0.385 e. The first-order valence-electron chi connectivity index (χ1n) is 20.8. The van der Waals surface area contributed by atoms with E-state index < -0.39 is 35.3 Å². The summed E-state index contributed by atoms with van der Waals surface area (Å²) >= 11 is 0. The van der Waals surface area contributed by atoms with E-state index in [1.165, 1.54) is 10.9 Å². The molecule has 5 aromatic rings. The van der Waals surface area contributed by atoms with Gasteiger partial charge in [0.1, 0.15) is 17.0 Å². The highest BCUT2D eigenvalue weighted by Crippen LogP contribution is 2.38. The van der Waals surface area contributed by atoms with Gasteiger partial charge in [0.05, 0.1) is 23.4 Å². The Bertz CT molecular complexity index is 2650. The smallest absolute Gasteiger partial charge is 0.278 e. The monoisotopic (exact) mass is 825 g/mol. The number of hydrogen-bond acceptors (Lipinski definition) is 13. The topological polar surface area (TPSA) is 200 Å². The Balaban J connectivity index is 0.785. The zero-order valence-corrected chi connectivity index (χ0v) is 33.9. The molecule has 9 rings (SSSR count). The Morgan fingerprint density at radius 1 is 0.934 bits per heavy atom. The van der Waals surface area contributed by atoms with Gasteiger partial charge in [0.2, 0.25) is 17.8 Å². The molecule has 3 aliphatic heterocycles. The fraction of sp³-hybridized carbons (Fsp3) is 0.364. The van der Waals surface area contributed by atoms with Gasteiger partial charge in [0.25, 0.3) is 17.4 Å². The number of allylic oxidation sites excluding steroid dienone is 1. The summed E-state index contributed by atoms with van der Waals surface area (Å²) in [5.41, 5.74) is 3.93. The Labute approximate surface area is 351 Å². The Morgan fingerprint density at radius 2 is 1.70 bits per heavy atom. The average Bonchev–Trinajstić information content (AvgIpc) is 3.84. The molecule has 6 heterocycles. The second kappa shape index (κ2) is 16.0. The Morgan fingerprint density at radius 3 is 2.46 bits per heavy atom. The van der Waals surface area contributed by atoms with Gasteiger partial charge in [-0.3, -0.25) is 39.1 Å². The molecule has 314 valence electrons. The Kier molecular flexibility index (Phi) is 10.4. The first-order valence-corrected chi connectivity index (χ1v) is 20.8. The van der Waals surface area contributed by atoms with Crippen LogP contribution in [0.1, 0.15) is 71.0 Å². The minimum atomic E-state index is -1.01. The highest BCUT2D eigenvalue weighted by Gasteiger charge is 2.44. The number of imide groups is 2. The molecular formula is C44H47N11O6. The van der Waals surface area contributed by atoms with Crippen LogP contribution in [-0.4, -0.2) is 108 Å². The molecule has 1 aliphatic carbocycles. The minimum absolute atomic E-state index is 0.0792. The molecule has 2 aromatic carbocycles. The maximum absolute atomic E-state index is 13.5. The van der Waals surface area contributed by atoms with E-state index in [4.69, 9.17) is 9.97 Å². The fourth-order valence-electron chi connectivity index (χ4n) is 8.84. The van der Waals surface area contributed by atoms with Gasteiger partial charge in [-0.2, -0.15) is 4.98 Å². The number of pyridine rings is 1. The first kappa shape index (κ1) is 39.7. The number of aliphatic hydroxyl groups is 1. The maximum Gasteiger partial charge on any atom is 0.278 e. The van der Waals surface area contributed by atoms with Crippen LogP contribution in [0.15, 0.2) is 78.2 Å². The number of carbonyl (C=O) groups is 4. The third-order valence-corrected chi connectivity index (χ3v) is 12.3. The summed E-state index contributed by atoms with van der Waals surface area (Å²) in [6.07, 6.45) is 6.16. The third kappa shape index (κ3) is 7.33. The molecule has 61 heavy (non-hydrogen) atoms. The lowest BCUT2D eigenvalue weighted by molar-refractivity contribution is -0.136. The van der Waals surface area contributed by atoms with Gasteiger partial charge in [-0.05, 0) is 92.7 Å². The molecule has 17 heteroatoms. The molecule has 1 unspecified atom stereocenters. The normalized spacial score (nSPS) is 20.3. The van der Waals surface area contributed by atoms with Gasteiger partial charge in [0, 0.05) is 62.4 Å². The summed E-state index contributed by atoms with van der Waals surface area (Å²) in [5, 5.41) is 20.5. The van der Waals surface area contributed by atoms with Crippen molar-refractivity contribution in [1.29, 1.82) is 0 Å². The fourth-order valence-corrected chi connectivity index (χ4v) is 8.84. The van der Waals surface area contributed by atoms with Gasteiger partial charge in [-0.15, -0.1) is 6.58 Å². The predicted molar refractivity (Wildman–Crippen MR) is 228 cm³/mol. The van der Waals surface area contributed by atoms with Crippen molar-refractivity contribution in [3.63, 3.8) is 0 Å². The van der Waals surface area contributed by atoms with E-state index in [1.807, 2.05) is 31.2 Å². The lowest BCUT2D eigenvalue weighted by atomic mass is 9.98. The third-order valence-electron chi connectivity index (χ3n) is 12.3. The van der Waals surface area contributed by atoms with Gasteiger partial charge >= 0.3 is 0 Å². The number of fused-ring (bicyclic) bond motifs is 3. The number of nitrogens with one attached hydrogen (secondary N) is 3. The summed E-state index contributed by atoms with van der Waals surface area (Å²) < 4.78 is 3.21. The second-order valence-corrected chi connectivity index (χ2v) is 16.0. The van der Waals surface area contributed by atoms with Crippen molar-refractivity contribution >= 4 is 57.7 Å². The summed E-state index contributed by atoms with van der Waals surface area (Å²) in [6, 6.07) is 16.0. The number of anilines is 4. The molecule has 2 saturated heterocycles. The highest BCUT2D eigenvalue weighted by molar-refractivity contribution is 6.23. The molecule has 17 nitrogen and oxygen atoms in total. The number of benzene rings is 2. The summed E-state index contributed by atoms with van der Waals surface area (Å²) in [5.74, 6) is -1.24. The van der Waals surface area contributed by atoms with Crippen molar-refractivity contribution in [1.82, 2.24) is 39.4 Å². The Hall–Kier alpha value is -6.72. The number of piperazine rings is 1. The molecule has 0 spiro atoms. The number of carbonyl (C=O) groups excluding carboxylic acids is 4. The molecule has 4 amide bonds. The highest BCUT2D eigenvalue weighted by atomic mass is 16.3. The standard InChI is InChI=1S/C44H47N11O6/c1-3-19-53-40(58)33-26-46-43(50-38(33)55(53)35-14-6-27-16-17-44(61,4-2)37(27)48-35)47-28-7-10-30(11-8-28)52-23-21-51(22-24-52)20-5-18-45-29-9-12-31-32(25-29)42(60)54(41(31)59)34-13-15-36(56)49-39(34)57/h3,6-12,14,25-26,34,45,61H,1,4-5,13,15-24H2,2H3,(H,46,47,50)(H,49,56,57)/t34?,44-/m1/s1. The summed E-state index contributed by atoms with van der Waals surface area (Å²) in [6.45, 7) is 11.2. The lowest BCUT2D eigenvalue weighted by Crippen LogP contribution is -2.54. The number of hydrogen-bond donors (Lipinski definition) is 4. The number of piperidine rings is 1. The molecule has 0 saturated carbocycles. The van der Waals surface area contributed by atoms with Crippen LogP contribution in [0.25, 0.3) is 16.9 Å². The van der Waals surface area contributed by atoms with E-state index in [0.29, 0.717) is 47.9 Å². The quantitative estimate of drug-likeness (QED) is 0.0765. The predicted octanol–water partition coefficient (Wildman–Crippen LogP) is 3.48. The molecule has 4 aliphatic rings. The molecule has 2 atom stereocenters. The van der Waals surface area contributed by atoms with E-state index in [9.17, 15) is 29.1 Å². The molecule has 3 aromatic heterocycles. The van der Waals surface area contributed by atoms with Crippen molar-refractivity contribution in [2.24, 2.45) is 0 Å². The minimum Gasteiger partial charge on any atom is -0.385 e. The van der Waals surface area contributed by atoms with Crippen LogP contribution in [0.4, 0.5) is 23.0 Å². The SMILES string of the molecule is C=CCn1c(=O)c2cnc(Nc3ccc(N4CCN(CCCNc5ccc6c(c5)C(=O)N(C5CCC(=O)NC5=O)C6=O)CC4)cc3)nc2n1-c1ccc2c(n1)[C@@](O)(CC)CC2. The molecule has 2 fully saturated rings. The summed E-state index contributed by atoms with van der Waals surface area (Å²) in [7, 11) is 0. The van der Waals surface area contributed by atoms with Crippen LogP contribution in [0.5, 0.6) is 0 Å². The van der Waals surface area contributed by atoms with Crippen LogP contribution in [-0.2, 0) is 28.2 Å². The first-order chi connectivity index (χ1) is 29.5. The van der Waals surface area contributed by atoms with Crippen LogP contribution in [0.2, 0.25) is 0 Å². The van der Waals surface area contributed by atoms with Gasteiger partial charge in [-0.1, -0.05) is 19.1 Å². The molecule has 4 N–H and O–H groups in total. The van der Waals surface area contributed by atoms with Crippen LogP contribution in [0, 0.1) is 0 Å². The summed E-state index contributed by atoms with van der Waals surface area (Å²) in [4.78, 5) is 83.5. The molecular weight excluding hydrogens is 779 g/mol. The van der Waals surface area contributed by atoms with Crippen LogP contribution >= 0.6 is 0 Å². The van der Waals surface area contributed by atoms with E-state index >= 15 is 0 Å². The number of rotatable bonds is 13. The van der Waals surface area contributed by atoms with E-state index in [-0.39, 0.29) is 36.1 Å². The van der Waals surface area contributed by atoms with Crippen molar-refractivity contribution in [2.45, 2.75) is 63.6 Å². The van der Waals surface area contributed by atoms with Gasteiger partial charge in [0.15, 0.2) is 11.5 Å². The van der Waals surface area contributed by atoms with Crippen molar-refractivity contribution < 1.29 is 24.3 Å². The van der Waals surface area contributed by atoms with Crippen molar-refractivity contribution in [3.8, 4) is 5.82 Å². The number of nitrogens with zero attached hydrogens (tertiary/aromatic N) is 8. The van der Waals surface area contributed by atoms with Gasteiger partial charge < -0.3 is 20.6 Å². The molecule has 0 radical (unpaired) electrons. The number of aryl methyl sites for hydroxylation is 1. The number of amides is 4. The van der Waals surface area contributed by atoms with E-state index in [1.54, 1.807) is 29.0 Å². The maximum atomic E-state index is 13.5. The van der Waals surface area contributed by atoms with Crippen LogP contribution in [0.3, 0.4) is 0 Å². The van der Waals surface area contributed by atoms with Gasteiger partial charge in [-0.25, -0.2) is 19.3 Å². The van der Waals surface area contributed by atoms with Crippen molar-refractivity contribution in [3.05, 3.63) is 106 Å². The lowest BCUT2D eigenvalue weighted by Gasteiger charge is -2.36. The average molecular weight is 826 g/mol. The van der Waals surface area contributed by atoms with Crippen molar-refractivity contribution in [2.75, 3.05) is 54.8 Å². The van der Waals surface area contributed by atoms with E-state index in [2.05, 4.69) is 49.4 Å². The zero-order valence-electron chi connectivity index (χ0n) is 33.9.